The zero-order chi connectivity index (χ0) is 28.2. The molecule has 206 valence electrons. The number of alkyl halides is 3. The molecule has 11 heteroatoms. The van der Waals surface area contributed by atoms with Crippen LogP contribution in [-0.4, -0.2) is 38.5 Å². The summed E-state index contributed by atoms with van der Waals surface area (Å²) in [6, 6.07) is 14.2. The quantitative estimate of drug-likeness (QED) is 0.269. The minimum Gasteiger partial charge on any atom is -0.481 e. The molecule has 1 aliphatic heterocycles. The summed E-state index contributed by atoms with van der Waals surface area (Å²) >= 11 is 0. The molecule has 1 N–H and O–H groups in total. The molecule has 0 radical (unpaired) electrons. The third-order valence-electron chi connectivity index (χ3n) is 7.56. The number of fused-ring (bicyclic) bond motifs is 1. The number of nitrogens with zero attached hydrogens (tertiary/aromatic N) is 3. The highest BCUT2D eigenvalue weighted by molar-refractivity contribution is 5.76. The van der Waals surface area contributed by atoms with Gasteiger partial charge in [-0.2, -0.15) is 4.98 Å². The van der Waals surface area contributed by atoms with E-state index in [-0.39, 0.29) is 40.4 Å². The highest BCUT2D eigenvalue weighted by atomic mass is 19.4. The van der Waals surface area contributed by atoms with E-state index in [1.165, 1.54) is 24.3 Å². The predicted octanol–water partition coefficient (Wildman–Crippen LogP) is 6.60. The lowest BCUT2D eigenvalue weighted by molar-refractivity contribution is -0.274. The van der Waals surface area contributed by atoms with Crippen molar-refractivity contribution in [1.82, 2.24) is 15.0 Å². The number of carboxylic acids is 1. The number of carboxylic acid groups (broad SMARTS) is 1. The molecule has 1 aliphatic carbocycles. The fraction of sp³-hybridized carbons (Fsp3) is 0.276. The van der Waals surface area contributed by atoms with Crippen LogP contribution in [0.3, 0.4) is 0 Å². The second kappa shape index (κ2) is 9.74. The standard InChI is InChI=1S/C29H23F4N3O4/c1-15-8-23(24(30)12-22(15)21-4-2-3-5-25(21)39-29(31,32)33)27-34-26(35-40-27)16-6-7-17-13-36(14-19(17)9-16)20-10-18(11-20)28(37)38/h2-9,12,18,20H,10-11,13-14H2,1H3,(H,37,38). The first-order chi connectivity index (χ1) is 19.1. The second-order valence-corrected chi connectivity index (χ2v) is 10.2. The molecule has 0 spiro atoms. The maximum absolute atomic E-state index is 15.3. The number of hydrogen-bond donors (Lipinski definition) is 1. The third-order valence-corrected chi connectivity index (χ3v) is 7.56. The number of ether oxygens (including phenoxy) is 1. The molecular weight excluding hydrogens is 530 g/mol. The van der Waals surface area contributed by atoms with Crippen LogP contribution in [-0.2, 0) is 17.9 Å². The number of aliphatic carboxylic acids is 1. The molecule has 2 heterocycles. The number of carbonyl (C=O) groups is 1. The Balaban J connectivity index is 1.23. The fourth-order valence-electron chi connectivity index (χ4n) is 5.39. The smallest absolute Gasteiger partial charge is 0.481 e. The van der Waals surface area contributed by atoms with Crippen molar-refractivity contribution in [3.05, 3.63) is 77.1 Å². The van der Waals surface area contributed by atoms with Crippen molar-refractivity contribution in [3.63, 3.8) is 0 Å². The number of para-hydroxylation sites is 1. The Kier molecular flexibility index (Phi) is 6.33. The number of benzene rings is 3. The Morgan fingerprint density at radius 1 is 1.02 bits per heavy atom. The van der Waals surface area contributed by atoms with Gasteiger partial charge in [0.15, 0.2) is 0 Å². The van der Waals surface area contributed by atoms with Crippen molar-refractivity contribution in [2.45, 2.75) is 45.3 Å². The van der Waals surface area contributed by atoms with E-state index in [9.17, 15) is 18.0 Å². The monoisotopic (exact) mass is 553 g/mol. The molecule has 1 saturated carbocycles. The number of halogens is 4. The lowest BCUT2D eigenvalue weighted by atomic mass is 9.79. The number of rotatable bonds is 6. The van der Waals surface area contributed by atoms with Crippen LogP contribution in [0, 0.1) is 18.7 Å². The molecule has 6 rings (SSSR count). The second-order valence-electron chi connectivity index (χ2n) is 10.2. The van der Waals surface area contributed by atoms with Crippen molar-refractivity contribution in [1.29, 1.82) is 0 Å². The molecule has 3 aromatic carbocycles. The summed E-state index contributed by atoms with van der Waals surface area (Å²) in [6.07, 6.45) is -3.59. The van der Waals surface area contributed by atoms with Crippen molar-refractivity contribution in [2.75, 3.05) is 0 Å². The fourth-order valence-corrected chi connectivity index (χ4v) is 5.39. The first kappa shape index (κ1) is 26.0. The first-order valence-corrected chi connectivity index (χ1v) is 12.6. The molecule has 0 saturated heterocycles. The molecular formula is C29H23F4N3O4. The third kappa shape index (κ3) is 4.92. The maximum Gasteiger partial charge on any atom is 0.573 e. The van der Waals surface area contributed by atoms with E-state index in [1.54, 1.807) is 13.0 Å². The normalized spacial score (nSPS) is 18.8. The average Bonchev–Trinajstić information content (AvgIpc) is 3.50. The predicted molar refractivity (Wildman–Crippen MR) is 135 cm³/mol. The van der Waals surface area contributed by atoms with Gasteiger partial charge in [-0.15, -0.1) is 13.2 Å². The van der Waals surface area contributed by atoms with Crippen molar-refractivity contribution in [2.24, 2.45) is 5.92 Å². The molecule has 7 nitrogen and oxygen atoms in total. The van der Waals surface area contributed by atoms with E-state index in [1.807, 2.05) is 18.2 Å². The van der Waals surface area contributed by atoms with Gasteiger partial charge in [0.2, 0.25) is 5.82 Å². The van der Waals surface area contributed by atoms with Gasteiger partial charge in [0.05, 0.1) is 11.5 Å². The molecule has 1 fully saturated rings. The zero-order valence-electron chi connectivity index (χ0n) is 21.2. The molecule has 0 amide bonds. The first-order valence-electron chi connectivity index (χ1n) is 12.6. The highest BCUT2D eigenvalue weighted by Gasteiger charge is 2.39. The van der Waals surface area contributed by atoms with Gasteiger partial charge in [0, 0.05) is 30.3 Å². The van der Waals surface area contributed by atoms with E-state index >= 15 is 4.39 Å². The van der Waals surface area contributed by atoms with Crippen LogP contribution in [0.2, 0.25) is 0 Å². The summed E-state index contributed by atoms with van der Waals surface area (Å²) in [7, 11) is 0. The Morgan fingerprint density at radius 2 is 1.77 bits per heavy atom. The molecule has 0 bridgehead atoms. The maximum atomic E-state index is 15.3. The molecule has 0 unspecified atom stereocenters. The summed E-state index contributed by atoms with van der Waals surface area (Å²) < 4.78 is 63.4. The summed E-state index contributed by atoms with van der Waals surface area (Å²) in [6.45, 7) is 3.09. The van der Waals surface area contributed by atoms with E-state index in [2.05, 4.69) is 19.8 Å². The minimum absolute atomic E-state index is 0.0273. The molecule has 4 aromatic rings. The topological polar surface area (TPSA) is 88.7 Å². The summed E-state index contributed by atoms with van der Waals surface area (Å²) in [5.74, 6) is -1.97. The van der Waals surface area contributed by atoms with Gasteiger partial charge in [-0.25, -0.2) is 4.39 Å². The lowest BCUT2D eigenvalue weighted by Gasteiger charge is -2.39. The van der Waals surface area contributed by atoms with Gasteiger partial charge >= 0.3 is 12.3 Å². The van der Waals surface area contributed by atoms with E-state index in [0.717, 1.165) is 23.7 Å². The Hall–Kier alpha value is -4.25. The van der Waals surface area contributed by atoms with Gasteiger partial charge in [0.1, 0.15) is 11.6 Å². The molecule has 1 aromatic heterocycles. The Labute approximate surface area is 226 Å². The summed E-state index contributed by atoms with van der Waals surface area (Å²) in [5.41, 5.74) is 3.80. The van der Waals surface area contributed by atoms with Crippen molar-refractivity contribution < 1.29 is 36.7 Å². The van der Waals surface area contributed by atoms with Crippen molar-refractivity contribution >= 4 is 5.97 Å². The van der Waals surface area contributed by atoms with Crippen LogP contribution >= 0.6 is 0 Å². The Morgan fingerprint density at radius 3 is 2.52 bits per heavy atom. The largest absolute Gasteiger partial charge is 0.573 e. The van der Waals surface area contributed by atoms with Crippen LogP contribution < -0.4 is 4.74 Å². The minimum atomic E-state index is -4.89. The number of aryl methyl sites for hydroxylation is 1. The average molecular weight is 554 g/mol. The zero-order valence-corrected chi connectivity index (χ0v) is 21.2. The van der Waals surface area contributed by atoms with Crippen LogP contribution in [0.5, 0.6) is 5.75 Å². The van der Waals surface area contributed by atoms with Gasteiger partial charge in [-0.05, 0) is 66.3 Å². The van der Waals surface area contributed by atoms with E-state index < -0.39 is 23.9 Å². The van der Waals surface area contributed by atoms with Gasteiger partial charge in [-0.3, -0.25) is 9.69 Å². The van der Waals surface area contributed by atoms with Crippen LogP contribution in [0.1, 0.15) is 29.5 Å². The highest BCUT2D eigenvalue weighted by Crippen LogP contribution is 2.39. The number of hydrogen-bond acceptors (Lipinski definition) is 6. The molecule has 40 heavy (non-hydrogen) atoms. The van der Waals surface area contributed by atoms with Gasteiger partial charge < -0.3 is 14.4 Å². The van der Waals surface area contributed by atoms with Gasteiger partial charge in [0.25, 0.3) is 5.89 Å². The number of aromatic nitrogens is 2. The molecule has 2 aliphatic rings. The van der Waals surface area contributed by atoms with Crippen LogP contribution in [0.4, 0.5) is 17.6 Å². The summed E-state index contributed by atoms with van der Waals surface area (Å²) in [5, 5.41) is 13.2. The lowest BCUT2D eigenvalue weighted by Crippen LogP contribution is -2.44. The summed E-state index contributed by atoms with van der Waals surface area (Å²) in [4.78, 5) is 17.8. The van der Waals surface area contributed by atoms with Crippen LogP contribution in [0.15, 0.2) is 59.1 Å². The molecule has 0 atom stereocenters. The van der Waals surface area contributed by atoms with Crippen molar-refractivity contribution in [3.8, 4) is 39.7 Å². The van der Waals surface area contributed by atoms with Gasteiger partial charge in [-0.1, -0.05) is 35.5 Å². The Bertz CT molecular complexity index is 1610. The SMILES string of the molecule is Cc1cc(-c2nc(-c3ccc4c(c3)CN(C3CC(C(=O)O)C3)C4)no2)c(F)cc1-c1ccccc1OC(F)(F)F. The van der Waals surface area contributed by atoms with E-state index in [4.69, 9.17) is 9.63 Å². The van der Waals surface area contributed by atoms with E-state index in [0.29, 0.717) is 30.5 Å². The van der Waals surface area contributed by atoms with Crippen LogP contribution in [0.25, 0.3) is 34.0 Å².